The molecule has 2 aromatic carbocycles. The summed E-state index contributed by atoms with van der Waals surface area (Å²) in [4.78, 5) is 12.5. The minimum atomic E-state index is -1.95. The number of fused-ring (bicyclic) bond motifs is 3. The second-order valence-electron chi connectivity index (χ2n) is 9.33. The fourth-order valence-corrected chi connectivity index (χ4v) is 11.0. The van der Waals surface area contributed by atoms with Crippen molar-refractivity contribution in [3.05, 3.63) is 59.7 Å². The Hall–Kier alpha value is -1.91. The zero-order chi connectivity index (χ0) is 21.9. The molecule has 0 aliphatic heterocycles. The van der Waals surface area contributed by atoms with E-state index in [4.69, 9.17) is 9.16 Å². The molecule has 162 valence electrons. The molecule has 1 aliphatic rings. The van der Waals surface area contributed by atoms with Gasteiger partial charge in [0.05, 0.1) is 6.42 Å². The Morgan fingerprint density at radius 3 is 1.77 bits per heavy atom. The van der Waals surface area contributed by atoms with E-state index in [1.165, 1.54) is 22.3 Å². The smallest absolute Gasteiger partial charge is 0.308 e. The molecule has 2 aromatic rings. The first-order chi connectivity index (χ1) is 14.3. The number of ether oxygens (including phenoxy) is 1. The van der Waals surface area contributed by atoms with Crippen LogP contribution < -0.4 is 0 Å². The van der Waals surface area contributed by atoms with Gasteiger partial charge in [0.1, 0.15) is 6.61 Å². The van der Waals surface area contributed by atoms with E-state index in [-0.39, 0.29) is 11.9 Å². The molecule has 0 spiro atoms. The van der Waals surface area contributed by atoms with E-state index < -0.39 is 8.32 Å². The van der Waals surface area contributed by atoms with Crippen molar-refractivity contribution in [3.8, 4) is 11.1 Å². The zero-order valence-electron chi connectivity index (χ0n) is 19.3. The largest absolute Gasteiger partial charge is 0.465 e. The van der Waals surface area contributed by atoms with Crippen molar-refractivity contribution >= 4 is 14.3 Å². The summed E-state index contributed by atoms with van der Waals surface area (Å²) in [5, 5.41) is 0. The van der Waals surface area contributed by atoms with E-state index in [2.05, 4.69) is 90.1 Å². The second kappa shape index (κ2) is 9.48. The van der Waals surface area contributed by atoms with Crippen LogP contribution in [0.2, 0.25) is 16.6 Å². The Morgan fingerprint density at radius 1 is 0.833 bits per heavy atom. The molecule has 0 radical (unpaired) electrons. The van der Waals surface area contributed by atoms with Crippen LogP contribution in [-0.2, 0) is 14.0 Å². The normalized spacial score (nSPS) is 13.8. The molecular weight excluding hydrogens is 388 g/mol. The van der Waals surface area contributed by atoms with Gasteiger partial charge in [-0.3, -0.25) is 4.79 Å². The SMILES string of the molecule is CC(C)[Si](OCCC(=O)OCC1c2ccccc2-c2ccccc21)(C(C)C)C(C)C. The summed E-state index contributed by atoms with van der Waals surface area (Å²) < 4.78 is 12.2. The van der Waals surface area contributed by atoms with Crippen LogP contribution in [-0.4, -0.2) is 27.5 Å². The number of carbonyl (C=O) groups is 1. The Balaban J connectivity index is 1.60. The van der Waals surface area contributed by atoms with Gasteiger partial charge < -0.3 is 9.16 Å². The average Bonchev–Trinajstić information content (AvgIpc) is 3.02. The number of hydrogen-bond acceptors (Lipinski definition) is 3. The highest BCUT2D eigenvalue weighted by molar-refractivity contribution is 6.77. The van der Waals surface area contributed by atoms with Crippen molar-refractivity contribution in [1.29, 1.82) is 0 Å². The highest BCUT2D eigenvalue weighted by Gasteiger charge is 2.45. The van der Waals surface area contributed by atoms with Gasteiger partial charge in [-0.25, -0.2) is 0 Å². The molecule has 0 atom stereocenters. The van der Waals surface area contributed by atoms with Gasteiger partial charge in [-0.2, -0.15) is 0 Å². The van der Waals surface area contributed by atoms with E-state index >= 15 is 0 Å². The van der Waals surface area contributed by atoms with Gasteiger partial charge >= 0.3 is 5.97 Å². The number of rotatable bonds is 9. The molecule has 0 saturated carbocycles. The number of hydrogen-bond donors (Lipinski definition) is 0. The maximum atomic E-state index is 12.5. The van der Waals surface area contributed by atoms with Crippen molar-refractivity contribution in [1.82, 2.24) is 0 Å². The third-order valence-electron chi connectivity index (χ3n) is 6.74. The van der Waals surface area contributed by atoms with Crippen molar-refractivity contribution in [2.45, 2.75) is 70.5 Å². The van der Waals surface area contributed by atoms with Gasteiger partial charge in [-0.15, -0.1) is 0 Å². The number of carbonyl (C=O) groups excluding carboxylic acids is 1. The highest BCUT2D eigenvalue weighted by atomic mass is 28.4. The van der Waals surface area contributed by atoms with E-state index in [1.807, 2.05) is 0 Å². The van der Waals surface area contributed by atoms with Gasteiger partial charge in [0, 0.05) is 12.5 Å². The summed E-state index contributed by atoms with van der Waals surface area (Å²) in [6.07, 6.45) is 0.316. The first-order valence-corrected chi connectivity index (χ1v) is 13.4. The lowest BCUT2D eigenvalue weighted by molar-refractivity contribution is -0.144. The van der Waals surface area contributed by atoms with Crippen molar-refractivity contribution < 1.29 is 14.0 Å². The molecule has 0 unspecified atom stereocenters. The van der Waals surface area contributed by atoms with Crippen LogP contribution in [0, 0.1) is 0 Å². The molecule has 0 bridgehead atoms. The van der Waals surface area contributed by atoms with Gasteiger partial charge in [0.25, 0.3) is 0 Å². The van der Waals surface area contributed by atoms with Crippen LogP contribution in [0.1, 0.15) is 65.0 Å². The quantitative estimate of drug-likeness (QED) is 0.323. The monoisotopic (exact) mass is 424 g/mol. The van der Waals surface area contributed by atoms with Gasteiger partial charge in [0.15, 0.2) is 8.32 Å². The second-order valence-corrected chi connectivity index (χ2v) is 14.8. The van der Waals surface area contributed by atoms with Gasteiger partial charge in [0.2, 0.25) is 0 Å². The highest BCUT2D eigenvalue weighted by Crippen LogP contribution is 2.45. The number of benzene rings is 2. The molecule has 0 heterocycles. The third kappa shape index (κ3) is 4.26. The summed E-state index contributed by atoms with van der Waals surface area (Å²) in [7, 11) is -1.95. The Bertz CT molecular complexity index is 805. The Kier molecular flexibility index (Phi) is 7.20. The molecule has 0 amide bonds. The summed E-state index contributed by atoms with van der Waals surface area (Å²) in [5.74, 6) is -0.0613. The first kappa shape index (κ1) is 22.8. The Morgan fingerprint density at radius 2 is 1.30 bits per heavy atom. The van der Waals surface area contributed by atoms with E-state index in [9.17, 15) is 4.79 Å². The summed E-state index contributed by atoms with van der Waals surface area (Å²) in [5.41, 5.74) is 6.53. The van der Waals surface area contributed by atoms with Crippen LogP contribution in [0.3, 0.4) is 0 Å². The topological polar surface area (TPSA) is 35.5 Å². The predicted octanol–water partition coefficient (Wildman–Crippen LogP) is 6.92. The Labute approximate surface area is 182 Å². The lowest BCUT2D eigenvalue weighted by atomic mass is 9.98. The minimum absolute atomic E-state index is 0.109. The molecule has 0 aromatic heterocycles. The molecule has 30 heavy (non-hydrogen) atoms. The van der Waals surface area contributed by atoms with Crippen molar-refractivity contribution in [2.24, 2.45) is 0 Å². The van der Waals surface area contributed by atoms with Crippen LogP contribution in [0.15, 0.2) is 48.5 Å². The van der Waals surface area contributed by atoms with Crippen LogP contribution >= 0.6 is 0 Å². The van der Waals surface area contributed by atoms with Crippen LogP contribution in [0.5, 0.6) is 0 Å². The molecule has 3 rings (SSSR count). The molecule has 3 nitrogen and oxygen atoms in total. The van der Waals surface area contributed by atoms with Gasteiger partial charge in [-0.05, 0) is 38.9 Å². The van der Waals surface area contributed by atoms with Crippen molar-refractivity contribution in [2.75, 3.05) is 13.2 Å². The minimum Gasteiger partial charge on any atom is -0.465 e. The van der Waals surface area contributed by atoms with E-state index in [0.717, 1.165) is 0 Å². The molecular formula is C26H36O3Si. The fourth-order valence-electron chi connectivity index (χ4n) is 5.50. The summed E-state index contributed by atoms with van der Waals surface area (Å²) >= 11 is 0. The maximum Gasteiger partial charge on any atom is 0.308 e. The molecule has 1 aliphatic carbocycles. The number of esters is 1. The van der Waals surface area contributed by atoms with Crippen LogP contribution in [0.4, 0.5) is 0 Å². The predicted molar refractivity (Wildman–Crippen MR) is 126 cm³/mol. The summed E-state index contributed by atoms with van der Waals surface area (Å²) in [6.45, 7) is 14.4. The van der Waals surface area contributed by atoms with Gasteiger partial charge in [-0.1, -0.05) is 90.1 Å². The molecule has 0 fully saturated rings. The van der Waals surface area contributed by atoms with Crippen LogP contribution in [0.25, 0.3) is 11.1 Å². The first-order valence-electron chi connectivity index (χ1n) is 11.3. The van der Waals surface area contributed by atoms with E-state index in [1.54, 1.807) is 0 Å². The standard InChI is InChI=1S/C26H36O3Si/c1-18(2)30(19(3)4,20(5)6)29-16-15-26(27)28-17-25-23-13-9-7-11-21(23)22-12-8-10-14-24(22)25/h7-14,18-20,25H,15-17H2,1-6H3. The van der Waals surface area contributed by atoms with Crippen molar-refractivity contribution in [3.63, 3.8) is 0 Å². The van der Waals surface area contributed by atoms with E-state index in [0.29, 0.717) is 36.3 Å². The lowest BCUT2D eigenvalue weighted by Gasteiger charge is -2.42. The maximum absolute atomic E-state index is 12.5. The molecule has 0 saturated heterocycles. The third-order valence-corrected chi connectivity index (χ3v) is 12.9. The zero-order valence-corrected chi connectivity index (χ0v) is 20.3. The average molecular weight is 425 g/mol. The lowest BCUT2D eigenvalue weighted by Crippen LogP contribution is -2.48. The summed E-state index contributed by atoms with van der Waals surface area (Å²) in [6, 6.07) is 16.8. The molecule has 0 N–H and O–H groups in total. The fraction of sp³-hybridized carbons (Fsp3) is 0.500. The molecule has 4 heteroatoms.